The van der Waals surface area contributed by atoms with Crippen LogP contribution in [0.2, 0.25) is 0 Å². The van der Waals surface area contributed by atoms with Crippen LogP contribution in [0.1, 0.15) is 5.56 Å². The molecule has 2 N–H and O–H groups in total. The molecule has 0 atom stereocenters. The molecule has 0 unspecified atom stereocenters. The highest BCUT2D eigenvalue weighted by atomic mass is 16.5. The maximum atomic E-state index is 11.3. The summed E-state index contributed by atoms with van der Waals surface area (Å²) in [6.45, 7) is 2.63. The van der Waals surface area contributed by atoms with Gasteiger partial charge in [-0.2, -0.15) is 0 Å². The molecule has 0 bridgehead atoms. The first-order chi connectivity index (χ1) is 8.79. The van der Waals surface area contributed by atoms with Gasteiger partial charge in [-0.1, -0.05) is 0 Å². The first kappa shape index (κ1) is 12.4. The van der Waals surface area contributed by atoms with E-state index in [4.69, 9.17) is 4.74 Å². The molecular formula is C13H18N3O2+. The molecule has 2 amide bonds. The number of ether oxygens (including phenoxy) is 1. The third-order valence-electron chi connectivity index (χ3n) is 2.77. The van der Waals surface area contributed by atoms with Gasteiger partial charge in [-0.15, -0.1) is 0 Å². The Balaban J connectivity index is 1.77. The molecule has 2 rings (SSSR count). The van der Waals surface area contributed by atoms with Gasteiger partial charge >= 0.3 is 6.03 Å². The molecule has 1 heterocycles. The molecule has 5 heteroatoms. The van der Waals surface area contributed by atoms with E-state index in [1.807, 2.05) is 37.5 Å². The molecule has 18 heavy (non-hydrogen) atoms. The van der Waals surface area contributed by atoms with E-state index in [1.54, 1.807) is 4.90 Å². The van der Waals surface area contributed by atoms with Gasteiger partial charge in [0, 0.05) is 18.7 Å². The molecule has 0 spiro atoms. The number of hydrogen-bond donors (Lipinski definition) is 2. The van der Waals surface area contributed by atoms with E-state index in [-0.39, 0.29) is 6.03 Å². The summed E-state index contributed by atoms with van der Waals surface area (Å²) in [6.07, 6.45) is 1.92. The van der Waals surface area contributed by atoms with Crippen molar-refractivity contribution in [2.75, 3.05) is 33.3 Å². The number of urea groups is 1. The largest absolute Gasteiger partial charge is 0.492 e. The average Bonchev–Trinajstić information content (AvgIpc) is 2.78. The molecule has 0 radical (unpaired) electrons. The van der Waals surface area contributed by atoms with Crippen LogP contribution in [0, 0.1) is 0 Å². The minimum Gasteiger partial charge on any atom is -0.492 e. The molecule has 0 saturated carbocycles. The molecule has 0 aromatic heterocycles. The zero-order valence-electron chi connectivity index (χ0n) is 10.5. The van der Waals surface area contributed by atoms with Crippen molar-refractivity contribution in [3.63, 3.8) is 0 Å². The number of rotatable bonds is 5. The van der Waals surface area contributed by atoms with Crippen molar-refractivity contribution in [3.8, 4) is 5.75 Å². The molecule has 1 aliphatic heterocycles. The lowest BCUT2D eigenvalue weighted by Crippen LogP contribution is -2.63. The number of carbonyl (C=O) groups excluding carboxylic acids is 1. The molecule has 1 saturated heterocycles. The third-order valence-corrected chi connectivity index (χ3v) is 2.77. The zero-order valence-corrected chi connectivity index (χ0v) is 10.5. The van der Waals surface area contributed by atoms with Gasteiger partial charge in [-0.3, -0.25) is 4.99 Å². The molecule has 0 aliphatic carbocycles. The van der Waals surface area contributed by atoms with Crippen molar-refractivity contribution < 1.29 is 14.5 Å². The molecule has 1 aliphatic rings. The molecule has 1 aromatic carbocycles. The number of hydrogen-bond acceptors (Lipinski definition) is 2. The minimum atomic E-state index is -0.00225. The van der Waals surface area contributed by atoms with Crippen LogP contribution in [0.4, 0.5) is 4.79 Å². The fraction of sp³-hybridized carbons (Fsp3) is 0.385. The Morgan fingerprint density at radius 2 is 2.22 bits per heavy atom. The number of benzene rings is 1. The lowest BCUT2D eigenvalue weighted by molar-refractivity contribution is -0.413. The van der Waals surface area contributed by atoms with Crippen LogP contribution in [0.25, 0.3) is 0 Å². The maximum Gasteiger partial charge on any atom is 0.317 e. The van der Waals surface area contributed by atoms with E-state index in [9.17, 15) is 4.79 Å². The lowest BCUT2D eigenvalue weighted by Gasteiger charge is -2.14. The van der Waals surface area contributed by atoms with Crippen molar-refractivity contribution in [2.45, 2.75) is 0 Å². The highest BCUT2D eigenvalue weighted by Crippen LogP contribution is 2.10. The summed E-state index contributed by atoms with van der Waals surface area (Å²) in [7, 11) is 1.87. The van der Waals surface area contributed by atoms with E-state index >= 15 is 0 Å². The van der Waals surface area contributed by atoms with E-state index in [1.165, 1.54) is 0 Å². The van der Waals surface area contributed by atoms with Gasteiger partial charge in [0.2, 0.25) is 0 Å². The highest BCUT2D eigenvalue weighted by Gasteiger charge is 2.18. The standard InChI is InChI=1S/C13H17N3O2/c1-14-10-11-2-4-12(5-3-11)18-9-8-16-7-6-15-13(16)17/h2-5,10H,6-9H2,1H3,(H,15,17)/p+1. The Morgan fingerprint density at radius 3 is 2.83 bits per heavy atom. The quantitative estimate of drug-likeness (QED) is 0.672. The van der Waals surface area contributed by atoms with Crippen LogP contribution in [0.5, 0.6) is 5.75 Å². The van der Waals surface area contributed by atoms with Gasteiger partial charge in [-0.05, 0) is 24.3 Å². The van der Waals surface area contributed by atoms with Crippen LogP contribution in [0.15, 0.2) is 24.3 Å². The summed E-state index contributed by atoms with van der Waals surface area (Å²) in [5, 5.41) is 2.76. The van der Waals surface area contributed by atoms with E-state index < -0.39 is 0 Å². The van der Waals surface area contributed by atoms with Crippen molar-refractivity contribution in [1.29, 1.82) is 0 Å². The van der Waals surface area contributed by atoms with E-state index in [2.05, 4.69) is 10.3 Å². The Kier molecular flexibility index (Phi) is 4.17. The molecule has 96 valence electrons. The summed E-state index contributed by atoms with van der Waals surface area (Å²) in [4.78, 5) is 16.0. The Morgan fingerprint density at radius 1 is 1.44 bits per heavy atom. The summed E-state index contributed by atoms with van der Waals surface area (Å²) in [6, 6.07) is 7.81. The number of nitrogens with zero attached hydrogens (tertiary/aromatic N) is 1. The summed E-state index contributed by atoms with van der Waals surface area (Å²) in [5.74, 6) is 0.822. The SMILES string of the molecule is C[NH+]=Cc1ccc(OCCN2CCNC2=O)cc1. The Hall–Kier alpha value is -2.04. The zero-order chi connectivity index (χ0) is 12.8. The second-order valence-corrected chi connectivity index (χ2v) is 4.07. The number of amides is 2. The molecule has 1 fully saturated rings. The van der Waals surface area contributed by atoms with Crippen LogP contribution < -0.4 is 15.0 Å². The lowest BCUT2D eigenvalue weighted by atomic mass is 10.2. The second-order valence-electron chi connectivity index (χ2n) is 4.07. The fourth-order valence-corrected chi connectivity index (χ4v) is 1.83. The summed E-state index contributed by atoms with van der Waals surface area (Å²) in [5.41, 5.74) is 1.10. The van der Waals surface area contributed by atoms with E-state index in [0.717, 1.165) is 24.4 Å². The minimum absolute atomic E-state index is 0.00225. The average molecular weight is 248 g/mol. The third kappa shape index (κ3) is 3.23. The smallest absolute Gasteiger partial charge is 0.317 e. The van der Waals surface area contributed by atoms with E-state index in [0.29, 0.717) is 13.2 Å². The van der Waals surface area contributed by atoms with Gasteiger partial charge in [0.25, 0.3) is 0 Å². The number of carbonyl (C=O) groups is 1. The first-order valence-corrected chi connectivity index (χ1v) is 6.06. The van der Waals surface area contributed by atoms with Crippen molar-refractivity contribution >= 4 is 12.2 Å². The van der Waals surface area contributed by atoms with Gasteiger partial charge < -0.3 is 15.0 Å². The van der Waals surface area contributed by atoms with Gasteiger partial charge in [0.1, 0.15) is 19.4 Å². The first-order valence-electron chi connectivity index (χ1n) is 6.06. The van der Waals surface area contributed by atoms with Crippen LogP contribution in [-0.4, -0.2) is 50.4 Å². The molecule has 1 aromatic rings. The number of nitrogens with one attached hydrogen (secondary N) is 2. The maximum absolute atomic E-state index is 11.3. The summed E-state index contributed by atoms with van der Waals surface area (Å²) < 4.78 is 5.59. The van der Waals surface area contributed by atoms with Crippen LogP contribution >= 0.6 is 0 Å². The van der Waals surface area contributed by atoms with Crippen molar-refractivity contribution in [2.24, 2.45) is 0 Å². The molecular weight excluding hydrogens is 230 g/mol. The predicted molar refractivity (Wildman–Crippen MR) is 69.0 cm³/mol. The van der Waals surface area contributed by atoms with Gasteiger partial charge in [-0.25, -0.2) is 4.79 Å². The monoisotopic (exact) mass is 248 g/mol. The predicted octanol–water partition coefficient (Wildman–Crippen LogP) is -0.780. The topological polar surface area (TPSA) is 55.5 Å². The molecule has 5 nitrogen and oxygen atoms in total. The van der Waals surface area contributed by atoms with Crippen LogP contribution in [-0.2, 0) is 0 Å². The second kappa shape index (κ2) is 6.05. The van der Waals surface area contributed by atoms with Crippen molar-refractivity contribution in [3.05, 3.63) is 29.8 Å². The highest BCUT2D eigenvalue weighted by molar-refractivity contribution is 5.76. The van der Waals surface area contributed by atoms with Crippen LogP contribution in [0.3, 0.4) is 0 Å². The van der Waals surface area contributed by atoms with Gasteiger partial charge in [0.05, 0.1) is 6.54 Å². The summed E-state index contributed by atoms with van der Waals surface area (Å²) >= 11 is 0. The normalized spacial score (nSPS) is 15.2. The Labute approximate surface area is 106 Å². The Bertz CT molecular complexity index is 428. The van der Waals surface area contributed by atoms with Crippen molar-refractivity contribution in [1.82, 2.24) is 10.2 Å². The van der Waals surface area contributed by atoms with Gasteiger partial charge in [0.15, 0.2) is 6.21 Å². The fourth-order valence-electron chi connectivity index (χ4n) is 1.83.